The van der Waals surface area contributed by atoms with Crippen LogP contribution >= 0.6 is 0 Å². The number of H-pyrrole nitrogens is 1. The minimum atomic E-state index is -0.479. The molecule has 0 aliphatic carbocycles. The van der Waals surface area contributed by atoms with E-state index in [0.717, 1.165) is 11.1 Å². The summed E-state index contributed by atoms with van der Waals surface area (Å²) in [6, 6.07) is 13.2. The molecule has 2 heterocycles. The van der Waals surface area contributed by atoms with Crippen LogP contribution in [0.3, 0.4) is 0 Å². The van der Waals surface area contributed by atoms with Gasteiger partial charge in [0.2, 0.25) is 0 Å². The maximum Gasteiger partial charge on any atom is 0.407 e. The zero-order valence-corrected chi connectivity index (χ0v) is 11.2. The number of aromatic nitrogens is 3. The van der Waals surface area contributed by atoms with E-state index >= 15 is 0 Å². The fraction of sp³-hybridized carbons (Fsp3) is 0.133. The fourth-order valence-electron chi connectivity index (χ4n) is 1.91. The van der Waals surface area contributed by atoms with E-state index in [-0.39, 0.29) is 13.2 Å². The van der Waals surface area contributed by atoms with Crippen molar-refractivity contribution in [1.82, 2.24) is 20.3 Å². The van der Waals surface area contributed by atoms with E-state index in [1.54, 1.807) is 6.20 Å². The number of imidazole rings is 1. The summed E-state index contributed by atoms with van der Waals surface area (Å²) in [5.41, 5.74) is 2.42. The molecule has 21 heavy (non-hydrogen) atoms. The smallest absolute Gasteiger partial charge is 0.407 e. The number of ether oxygens (including phenoxy) is 1. The lowest BCUT2D eigenvalue weighted by atomic mass is 10.2. The molecular weight excluding hydrogens is 268 g/mol. The van der Waals surface area contributed by atoms with Crippen LogP contribution in [-0.4, -0.2) is 21.0 Å². The Hall–Kier alpha value is -2.89. The SMILES string of the molecule is O=C(NCc1nc2ncccc2[nH]1)OCc1ccccc1. The van der Waals surface area contributed by atoms with Crippen LogP contribution in [0.1, 0.15) is 11.4 Å². The van der Waals surface area contributed by atoms with Crippen LogP contribution < -0.4 is 5.32 Å². The molecule has 2 aromatic heterocycles. The maximum atomic E-state index is 11.6. The molecule has 0 atom stereocenters. The fourth-order valence-corrected chi connectivity index (χ4v) is 1.91. The summed E-state index contributed by atoms with van der Waals surface area (Å²) in [6.07, 6.45) is 1.20. The zero-order valence-electron chi connectivity index (χ0n) is 11.2. The highest BCUT2D eigenvalue weighted by Gasteiger charge is 2.06. The Balaban J connectivity index is 1.51. The molecule has 0 saturated heterocycles. The summed E-state index contributed by atoms with van der Waals surface area (Å²) < 4.78 is 5.12. The van der Waals surface area contributed by atoms with Crippen molar-refractivity contribution in [2.75, 3.05) is 0 Å². The van der Waals surface area contributed by atoms with Gasteiger partial charge in [-0.05, 0) is 17.7 Å². The molecular formula is C15H14N4O2. The molecule has 0 aliphatic rings. The molecule has 0 unspecified atom stereocenters. The van der Waals surface area contributed by atoms with Crippen LogP contribution in [-0.2, 0) is 17.9 Å². The van der Waals surface area contributed by atoms with Crippen molar-refractivity contribution in [1.29, 1.82) is 0 Å². The maximum absolute atomic E-state index is 11.6. The summed E-state index contributed by atoms with van der Waals surface area (Å²) in [6.45, 7) is 0.512. The molecule has 1 amide bonds. The second kappa shape index (κ2) is 6.04. The lowest BCUT2D eigenvalue weighted by molar-refractivity contribution is 0.139. The largest absolute Gasteiger partial charge is 0.445 e. The van der Waals surface area contributed by atoms with E-state index in [0.29, 0.717) is 11.5 Å². The molecule has 3 aromatic rings. The predicted molar refractivity (Wildman–Crippen MR) is 77.4 cm³/mol. The number of rotatable bonds is 4. The molecule has 3 rings (SSSR count). The van der Waals surface area contributed by atoms with Gasteiger partial charge in [-0.1, -0.05) is 30.3 Å². The number of carbonyl (C=O) groups is 1. The van der Waals surface area contributed by atoms with E-state index in [2.05, 4.69) is 20.3 Å². The van der Waals surface area contributed by atoms with Crippen molar-refractivity contribution in [2.45, 2.75) is 13.2 Å². The number of benzene rings is 1. The topological polar surface area (TPSA) is 79.9 Å². The number of nitrogens with one attached hydrogen (secondary N) is 2. The molecule has 0 spiro atoms. The number of carbonyl (C=O) groups excluding carboxylic acids is 1. The van der Waals surface area contributed by atoms with Gasteiger partial charge in [0.1, 0.15) is 12.4 Å². The molecule has 106 valence electrons. The number of nitrogens with zero attached hydrogens (tertiary/aromatic N) is 2. The average molecular weight is 282 g/mol. The highest BCUT2D eigenvalue weighted by Crippen LogP contribution is 2.07. The molecule has 6 nitrogen and oxygen atoms in total. The lowest BCUT2D eigenvalue weighted by Crippen LogP contribution is -2.24. The highest BCUT2D eigenvalue weighted by atomic mass is 16.5. The first-order chi connectivity index (χ1) is 10.3. The Bertz CT molecular complexity index is 707. The van der Waals surface area contributed by atoms with E-state index in [1.807, 2.05) is 42.5 Å². The van der Waals surface area contributed by atoms with Crippen molar-refractivity contribution >= 4 is 17.3 Å². The molecule has 2 N–H and O–H groups in total. The van der Waals surface area contributed by atoms with Crippen LogP contribution in [0.5, 0.6) is 0 Å². The first kappa shape index (κ1) is 13.1. The van der Waals surface area contributed by atoms with Crippen molar-refractivity contribution < 1.29 is 9.53 Å². The monoisotopic (exact) mass is 282 g/mol. The minimum Gasteiger partial charge on any atom is -0.445 e. The Morgan fingerprint density at radius 3 is 2.86 bits per heavy atom. The molecule has 0 saturated carbocycles. The molecule has 0 aliphatic heterocycles. The lowest BCUT2D eigenvalue weighted by Gasteiger charge is -2.05. The number of aromatic amines is 1. The number of hydrogen-bond acceptors (Lipinski definition) is 4. The van der Waals surface area contributed by atoms with Crippen LogP contribution in [0.25, 0.3) is 11.2 Å². The third kappa shape index (κ3) is 3.36. The summed E-state index contributed by atoms with van der Waals surface area (Å²) >= 11 is 0. The molecule has 0 fully saturated rings. The summed E-state index contributed by atoms with van der Waals surface area (Å²) in [4.78, 5) is 23.1. The quantitative estimate of drug-likeness (QED) is 0.770. The predicted octanol–water partition coefficient (Wildman–Crippen LogP) is 2.38. The number of amides is 1. The highest BCUT2D eigenvalue weighted by molar-refractivity contribution is 5.70. The van der Waals surface area contributed by atoms with Gasteiger partial charge in [0, 0.05) is 6.20 Å². The van der Waals surface area contributed by atoms with Gasteiger partial charge in [-0.25, -0.2) is 14.8 Å². The third-order valence-electron chi connectivity index (χ3n) is 2.92. The molecule has 6 heteroatoms. The Morgan fingerprint density at radius 2 is 2.05 bits per heavy atom. The first-order valence-corrected chi connectivity index (χ1v) is 6.55. The van der Waals surface area contributed by atoms with Gasteiger partial charge in [0.05, 0.1) is 12.1 Å². The number of pyridine rings is 1. The van der Waals surface area contributed by atoms with Gasteiger partial charge >= 0.3 is 6.09 Å². The summed E-state index contributed by atoms with van der Waals surface area (Å²) in [5.74, 6) is 0.639. The van der Waals surface area contributed by atoms with E-state index in [1.165, 1.54) is 0 Å². The van der Waals surface area contributed by atoms with Crippen LogP contribution in [0.4, 0.5) is 4.79 Å². The van der Waals surface area contributed by atoms with Gasteiger partial charge in [0.25, 0.3) is 0 Å². The first-order valence-electron chi connectivity index (χ1n) is 6.55. The van der Waals surface area contributed by atoms with Crippen molar-refractivity contribution in [3.05, 3.63) is 60.0 Å². The number of fused-ring (bicyclic) bond motifs is 1. The summed E-state index contributed by atoms with van der Waals surface area (Å²) in [7, 11) is 0. The van der Waals surface area contributed by atoms with Crippen LogP contribution in [0.15, 0.2) is 48.7 Å². The summed E-state index contributed by atoms with van der Waals surface area (Å²) in [5, 5.41) is 2.65. The van der Waals surface area contributed by atoms with Gasteiger partial charge < -0.3 is 15.0 Å². The van der Waals surface area contributed by atoms with Crippen LogP contribution in [0.2, 0.25) is 0 Å². The van der Waals surface area contributed by atoms with E-state index < -0.39 is 6.09 Å². The van der Waals surface area contributed by atoms with Crippen molar-refractivity contribution in [2.24, 2.45) is 0 Å². The van der Waals surface area contributed by atoms with Gasteiger partial charge in [-0.3, -0.25) is 0 Å². The normalized spacial score (nSPS) is 10.5. The molecule has 1 aromatic carbocycles. The van der Waals surface area contributed by atoms with Crippen LogP contribution in [0, 0.1) is 0 Å². The van der Waals surface area contributed by atoms with Crippen molar-refractivity contribution in [3.8, 4) is 0 Å². The number of hydrogen-bond donors (Lipinski definition) is 2. The van der Waals surface area contributed by atoms with E-state index in [4.69, 9.17) is 4.74 Å². The van der Waals surface area contributed by atoms with Crippen molar-refractivity contribution in [3.63, 3.8) is 0 Å². The average Bonchev–Trinajstić information content (AvgIpc) is 2.95. The molecule has 0 bridgehead atoms. The van der Waals surface area contributed by atoms with Gasteiger partial charge in [-0.15, -0.1) is 0 Å². The van der Waals surface area contributed by atoms with Gasteiger partial charge in [0.15, 0.2) is 5.65 Å². The van der Waals surface area contributed by atoms with E-state index in [9.17, 15) is 4.79 Å². The minimum absolute atomic E-state index is 0.244. The van der Waals surface area contributed by atoms with Gasteiger partial charge in [-0.2, -0.15) is 0 Å². The second-order valence-corrected chi connectivity index (χ2v) is 4.47. The second-order valence-electron chi connectivity index (χ2n) is 4.47. The zero-order chi connectivity index (χ0) is 14.5. The molecule has 0 radical (unpaired) electrons. The standard InChI is InChI=1S/C15H14N4O2/c20-15(21-10-11-5-2-1-3-6-11)17-9-13-18-12-7-4-8-16-14(12)19-13/h1-8H,9-10H2,(H,17,20)(H,16,18,19). The number of alkyl carbamates (subject to hydrolysis) is 1. The third-order valence-corrected chi connectivity index (χ3v) is 2.92. The Labute approximate surface area is 121 Å². The Kier molecular flexibility index (Phi) is 3.77. The Morgan fingerprint density at radius 1 is 1.19 bits per heavy atom.